The maximum Gasteiger partial charge on any atom is 0.150 e. The summed E-state index contributed by atoms with van der Waals surface area (Å²) in [5.74, 6) is 0.0624. The molecule has 1 atom stereocenters. The molecule has 1 unspecified atom stereocenters. The molecule has 0 aliphatic carbocycles. The van der Waals surface area contributed by atoms with Crippen LogP contribution in [0.5, 0.6) is 0 Å². The van der Waals surface area contributed by atoms with Gasteiger partial charge in [-0.05, 0) is 30.0 Å². The van der Waals surface area contributed by atoms with Crippen LogP contribution in [0.15, 0.2) is 24.3 Å². The molecule has 0 fully saturated rings. The molecule has 0 bridgehead atoms. The van der Waals surface area contributed by atoms with Crippen LogP contribution < -0.4 is 5.32 Å². The van der Waals surface area contributed by atoms with Crippen LogP contribution in [0, 0.1) is 5.82 Å². The highest BCUT2D eigenvalue weighted by atomic mass is 32.2. The van der Waals surface area contributed by atoms with Gasteiger partial charge in [0.15, 0.2) is 0 Å². The van der Waals surface area contributed by atoms with Gasteiger partial charge >= 0.3 is 0 Å². The number of halogens is 1. The van der Waals surface area contributed by atoms with E-state index in [2.05, 4.69) is 5.32 Å². The average Bonchev–Trinajstić information content (AvgIpc) is 2.48. The predicted molar refractivity (Wildman–Crippen MR) is 82.8 cm³/mol. The molecule has 1 aromatic rings. The van der Waals surface area contributed by atoms with Gasteiger partial charge in [0.05, 0.1) is 12.4 Å². The van der Waals surface area contributed by atoms with Crippen LogP contribution in [0.4, 0.5) is 4.39 Å². The second kappa shape index (κ2) is 9.12. The van der Waals surface area contributed by atoms with Crippen molar-refractivity contribution in [1.82, 2.24) is 5.32 Å². The van der Waals surface area contributed by atoms with Gasteiger partial charge in [0.25, 0.3) is 0 Å². The van der Waals surface area contributed by atoms with Crippen molar-refractivity contribution in [2.45, 2.75) is 19.3 Å². The van der Waals surface area contributed by atoms with Crippen LogP contribution in [0.25, 0.3) is 0 Å². The highest BCUT2D eigenvalue weighted by Gasteiger charge is 2.16. The Bertz CT molecular complexity index is 502. The van der Waals surface area contributed by atoms with E-state index in [4.69, 9.17) is 4.74 Å². The molecule has 0 aromatic heterocycles. The third-order valence-electron chi connectivity index (χ3n) is 3.43. The summed E-state index contributed by atoms with van der Waals surface area (Å²) in [7, 11) is -1.36. The van der Waals surface area contributed by atoms with Gasteiger partial charge in [-0.1, -0.05) is 19.1 Å². The molecule has 6 heteroatoms. The van der Waals surface area contributed by atoms with Crippen LogP contribution in [0.2, 0.25) is 0 Å². The van der Waals surface area contributed by atoms with Crippen molar-refractivity contribution < 1.29 is 17.5 Å². The lowest BCUT2D eigenvalue weighted by Crippen LogP contribution is -2.26. The number of nitrogens with one attached hydrogen (secondary N) is 1. The Hall–Kier alpha value is -0.980. The van der Waals surface area contributed by atoms with E-state index in [0.29, 0.717) is 26.1 Å². The Labute approximate surface area is 126 Å². The molecule has 120 valence electrons. The molecular weight excluding hydrogens is 293 g/mol. The first-order chi connectivity index (χ1) is 9.98. The van der Waals surface area contributed by atoms with Gasteiger partial charge in [-0.2, -0.15) is 0 Å². The van der Waals surface area contributed by atoms with Gasteiger partial charge in [0, 0.05) is 26.0 Å². The highest BCUT2D eigenvalue weighted by Crippen LogP contribution is 2.20. The Kier molecular flexibility index (Phi) is 7.85. The zero-order valence-corrected chi connectivity index (χ0v) is 13.5. The van der Waals surface area contributed by atoms with E-state index < -0.39 is 9.84 Å². The molecule has 0 heterocycles. The van der Waals surface area contributed by atoms with E-state index in [1.807, 2.05) is 0 Å². The topological polar surface area (TPSA) is 55.4 Å². The number of hydrogen-bond donors (Lipinski definition) is 1. The van der Waals surface area contributed by atoms with Gasteiger partial charge in [-0.15, -0.1) is 0 Å². The minimum Gasteiger partial charge on any atom is -0.383 e. The Morgan fingerprint density at radius 3 is 2.52 bits per heavy atom. The van der Waals surface area contributed by atoms with E-state index in [9.17, 15) is 12.8 Å². The number of benzene rings is 1. The molecule has 0 aliphatic heterocycles. The first-order valence-corrected chi connectivity index (χ1v) is 8.96. The van der Waals surface area contributed by atoms with Crippen molar-refractivity contribution in [2.24, 2.45) is 0 Å². The van der Waals surface area contributed by atoms with Gasteiger partial charge in [-0.25, -0.2) is 12.8 Å². The molecule has 0 saturated carbocycles. The Balaban J connectivity index is 2.67. The molecule has 0 saturated heterocycles. The molecule has 0 radical (unpaired) electrons. The Morgan fingerprint density at radius 2 is 1.95 bits per heavy atom. The predicted octanol–water partition coefficient (Wildman–Crippen LogP) is 1.97. The van der Waals surface area contributed by atoms with Crippen LogP contribution >= 0.6 is 0 Å². The highest BCUT2D eigenvalue weighted by molar-refractivity contribution is 7.91. The second-order valence-corrected chi connectivity index (χ2v) is 7.44. The molecular formula is C15H24FNO3S. The van der Waals surface area contributed by atoms with Crippen LogP contribution in [-0.2, 0) is 14.6 Å². The lowest BCUT2D eigenvalue weighted by Gasteiger charge is -2.18. The van der Waals surface area contributed by atoms with Gasteiger partial charge in [0.1, 0.15) is 15.7 Å². The first kappa shape index (κ1) is 18.1. The molecule has 1 rings (SSSR count). The van der Waals surface area contributed by atoms with Crippen molar-refractivity contribution in [3.63, 3.8) is 0 Å². The third-order valence-corrected chi connectivity index (χ3v) is 5.17. The van der Waals surface area contributed by atoms with E-state index in [-0.39, 0.29) is 23.2 Å². The fraction of sp³-hybridized carbons (Fsp3) is 0.600. The maximum absolute atomic E-state index is 13.0. The molecule has 0 spiro atoms. The van der Waals surface area contributed by atoms with Crippen molar-refractivity contribution >= 4 is 9.84 Å². The number of methoxy groups -OCH3 is 1. The lowest BCUT2D eigenvalue weighted by atomic mass is 9.96. The van der Waals surface area contributed by atoms with E-state index in [1.165, 1.54) is 12.1 Å². The standard InChI is InChI=1S/C15H24FNO3S/c1-3-21(18,19)11-8-14(12-17-9-10-20-2)13-4-6-15(16)7-5-13/h4-7,14,17H,3,8-12H2,1-2H3. The summed E-state index contributed by atoms with van der Waals surface area (Å²) < 4.78 is 41.3. The number of rotatable bonds is 10. The zero-order valence-electron chi connectivity index (χ0n) is 12.6. The number of sulfone groups is 1. The molecule has 0 aliphatic rings. The zero-order chi connectivity index (χ0) is 15.7. The molecule has 4 nitrogen and oxygen atoms in total. The van der Waals surface area contributed by atoms with Gasteiger partial charge in [0.2, 0.25) is 0 Å². The van der Waals surface area contributed by atoms with Gasteiger partial charge in [-0.3, -0.25) is 0 Å². The molecule has 21 heavy (non-hydrogen) atoms. The summed E-state index contributed by atoms with van der Waals surface area (Å²) in [6, 6.07) is 6.25. The number of ether oxygens (including phenoxy) is 1. The minimum absolute atomic E-state index is 0.0452. The van der Waals surface area contributed by atoms with Crippen molar-refractivity contribution in [3.8, 4) is 0 Å². The second-order valence-electron chi connectivity index (χ2n) is 4.97. The minimum atomic E-state index is -2.99. The first-order valence-electron chi connectivity index (χ1n) is 7.14. The van der Waals surface area contributed by atoms with Crippen molar-refractivity contribution in [3.05, 3.63) is 35.6 Å². The average molecular weight is 317 g/mol. The van der Waals surface area contributed by atoms with E-state index in [0.717, 1.165) is 5.56 Å². The number of hydrogen-bond acceptors (Lipinski definition) is 4. The summed E-state index contributed by atoms with van der Waals surface area (Å²) in [6.45, 7) is 3.60. The van der Waals surface area contributed by atoms with Crippen LogP contribution in [0.3, 0.4) is 0 Å². The summed E-state index contributed by atoms with van der Waals surface area (Å²) in [4.78, 5) is 0. The maximum atomic E-state index is 13.0. The summed E-state index contributed by atoms with van der Waals surface area (Å²) in [5.41, 5.74) is 0.951. The molecule has 0 amide bonds. The molecule has 1 N–H and O–H groups in total. The van der Waals surface area contributed by atoms with Crippen LogP contribution in [-0.4, -0.2) is 46.7 Å². The fourth-order valence-corrected chi connectivity index (χ4v) is 2.97. The lowest BCUT2D eigenvalue weighted by molar-refractivity contribution is 0.199. The quantitative estimate of drug-likeness (QED) is 0.670. The van der Waals surface area contributed by atoms with Gasteiger partial charge < -0.3 is 10.1 Å². The SMILES string of the molecule is CCS(=O)(=O)CCC(CNCCOC)c1ccc(F)cc1. The van der Waals surface area contributed by atoms with Crippen molar-refractivity contribution in [1.29, 1.82) is 0 Å². The largest absolute Gasteiger partial charge is 0.383 e. The van der Waals surface area contributed by atoms with Crippen molar-refractivity contribution in [2.75, 3.05) is 38.3 Å². The van der Waals surface area contributed by atoms with E-state index in [1.54, 1.807) is 26.2 Å². The Morgan fingerprint density at radius 1 is 1.29 bits per heavy atom. The summed E-state index contributed by atoms with van der Waals surface area (Å²) in [6.07, 6.45) is 0.530. The summed E-state index contributed by atoms with van der Waals surface area (Å²) >= 11 is 0. The fourth-order valence-electron chi connectivity index (χ4n) is 2.04. The van der Waals surface area contributed by atoms with E-state index >= 15 is 0 Å². The molecule has 1 aromatic carbocycles. The summed E-state index contributed by atoms with van der Waals surface area (Å²) in [5, 5.41) is 3.24. The normalized spacial score (nSPS) is 13.3. The smallest absolute Gasteiger partial charge is 0.150 e. The monoisotopic (exact) mass is 317 g/mol. The van der Waals surface area contributed by atoms with Crippen LogP contribution in [0.1, 0.15) is 24.8 Å². The third kappa shape index (κ3) is 7.02.